The summed E-state index contributed by atoms with van der Waals surface area (Å²) in [5, 5.41) is 3.07. The number of carbonyl (C=O) groups excluding carboxylic acids is 2. The van der Waals surface area contributed by atoms with E-state index in [0.717, 1.165) is 31.5 Å². The molecule has 1 aromatic carbocycles. The van der Waals surface area contributed by atoms with E-state index >= 15 is 0 Å². The van der Waals surface area contributed by atoms with Crippen molar-refractivity contribution in [2.75, 3.05) is 13.1 Å². The average molecular weight is 288 g/mol. The van der Waals surface area contributed by atoms with Gasteiger partial charge in [0.15, 0.2) is 0 Å². The Morgan fingerprint density at radius 2 is 1.71 bits per heavy atom. The molecule has 0 saturated carbocycles. The molecule has 0 bridgehead atoms. The highest BCUT2D eigenvalue weighted by Gasteiger charge is 2.25. The van der Waals surface area contributed by atoms with Crippen molar-refractivity contribution in [3.63, 3.8) is 0 Å². The molecular weight excluding hydrogens is 264 g/mol. The highest BCUT2D eigenvalue weighted by molar-refractivity contribution is 5.94. The summed E-state index contributed by atoms with van der Waals surface area (Å²) >= 11 is 0. The molecule has 4 heteroatoms. The molecule has 1 N–H and O–H groups in total. The smallest absolute Gasteiger partial charge is 0.251 e. The predicted octanol–water partition coefficient (Wildman–Crippen LogP) is 2.37. The first-order valence-electron chi connectivity index (χ1n) is 7.63. The zero-order valence-electron chi connectivity index (χ0n) is 13.1. The van der Waals surface area contributed by atoms with E-state index in [0.29, 0.717) is 5.56 Å². The van der Waals surface area contributed by atoms with Crippen LogP contribution in [-0.2, 0) is 4.79 Å². The summed E-state index contributed by atoms with van der Waals surface area (Å²) < 4.78 is 0. The quantitative estimate of drug-likeness (QED) is 0.928. The molecule has 1 fully saturated rings. The van der Waals surface area contributed by atoms with Crippen LogP contribution in [0.15, 0.2) is 24.3 Å². The molecule has 1 aliphatic heterocycles. The van der Waals surface area contributed by atoms with Crippen LogP contribution < -0.4 is 5.32 Å². The molecule has 2 rings (SSSR count). The van der Waals surface area contributed by atoms with E-state index in [1.165, 1.54) is 0 Å². The minimum atomic E-state index is -0.0244. The maximum absolute atomic E-state index is 12.2. The number of rotatable bonds is 3. The Morgan fingerprint density at radius 1 is 1.14 bits per heavy atom. The van der Waals surface area contributed by atoms with Crippen molar-refractivity contribution < 1.29 is 9.59 Å². The molecule has 0 aliphatic carbocycles. The maximum atomic E-state index is 12.2. The van der Waals surface area contributed by atoms with Crippen LogP contribution in [0.1, 0.15) is 42.6 Å². The van der Waals surface area contributed by atoms with E-state index in [4.69, 9.17) is 0 Å². The Balaban J connectivity index is 1.84. The maximum Gasteiger partial charge on any atom is 0.251 e. The van der Waals surface area contributed by atoms with Gasteiger partial charge >= 0.3 is 0 Å². The third-order valence-corrected chi connectivity index (χ3v) is 3.95. The molecule has 1 heterocycles. The van der Waals surface area contributed by atoms with Gasteiger partial charge in [0.25, 0.3) is 5.91 Å². The number of aryl methyl sites for hydroxylation is 1. The molecule has 1 aromatic rings. The van der Waals surface area contributed by atoms with Gasteiger partial charge in [0.05, 0.1) is 0 Å². The monoisotopic (exact) mass is 288 g/mol. The first-order chi connectivity index (χ1) is 9.97. The van der Waals surface area contributed by atoms with Crippen LogP contribution >= 0.6 is 0 Å². The Bertz CT molecular complexity index is 500. The van der Waals surface area contributed by atoms with Crippen LogP contribution in [0.5, 0.6) is 0 Å². The van der Waals surface area contributed by atoms with Crippen molar-refractivity contribution in [3.05, 3.63) is 35.4 Å². The predicted molar refractivity (Wildman–Crippen MR) is 83.1 cm³/mol. The minimum Gasteiger partial charge on any atom is -0.349 e. The van der Waals surface area contributed by atoms with Gasteiger partial charge in [0, 0.05) is 30.6 Å². The van der Waals surface area contributed by atoms with Crippen LogP contribution in [0.2, 0.25) is 0 Å². The highest BCUT2D eigenvalue weighted by atomic mass is 16.2. The van der Waals surface area contributed by atoms with Gasteiger partial charge in [-0.05, 0) is 31.9 Å². The number of benzene rings is 1. The summed E-state index contributed by atoms with van der Waals surface area (Å²) in [5.41, 5.74) is 1.84. The lowest BCUT2D eigenvalue weighted by atomic mass is 10.0. The Kier molecular flexibility index (Phi) is 4.99. The average Bonchev–Trinajstić information content (AvgIpc) is 2.47. The second-order valence-corrected chi connectivity index (χ2v) is 6.09. The number of nitrogens with zero attached hydrogens (tertiary/aromatic N) is 1. The van der Waals surface area contributed by atoms with Crippen LogP contribution in [0.3, 0.4) is 0 Å². The number of piperidine rings is 1. The molecule has 2 amide bonds. The zero-order chi connectivity index (χ0) is 15.4. The molecule has 0 radical (unpaired) electrons. The van der Waals surface area contributed by atoms with Gasteiger partial charge in [-0.2, -0.15) is 0 Å². The minimum absolute atomic E-state index is 0.0244. The molecule has 0 atom stereocenters. The zero-order valence-corrected chi connectivity index (χ0v) is 13.1. The number of likely N-dealkylation sites (tertiary alicyclic amines) is 1. The van der Waals surface area contributed by atoms with E-state index in [1.54, 1.807) is 0 Å². The molecular formula is C17H24N2O2. The summed E-state index contributed by atoms with van der Waals surface area (Å²) in [7, 11) is 0. The number of hydrogen-bond acceptors (Lipinski definition) is 2. The summed E-state index contributed by atoms with van der Waals surface area (Å²) in [6.07, 6.45) is 1.66. The second kappa shape index (κ2) is 6.74. The Morgan fingerprint density at radius 3 is 2.24 bits per heavy atom. The largest absolute Gasteiger partial charge is 0.349 e. The van der Waals surface area contributed by atoms with Crippen molar-refractivity contribution >= 4 is 11.8 Å². The molecule has 4 nitrogen and oxygen atoms in total. The first-order valence-corrected chi connectivity index (χ1v) is 7.63. The molecule has 1 aliphatic rings. The number of nitrogens with one attached hydrogen (secondary N) is 1. The fraction of sp³-hybridized carbons (Fsp3) is 0.529. The van der Waals surface area contributed by atoms with Gasteiger partial charge in [0.2, 0.25) is 5.91 Å². The number of amides is 2. The SMILES string of the molecule is Cc1ccc(C(=O)NC2CCN(C(=O)C(C)C)CC2)cc1. The van der Waals surface area contributed by atoms with E-state index in [2.05, 4.69) is 5.32 Å². The summed E-state index contributed by atoms with van der Waals surface area (Å²) in [6.45, 7) is 7.32. The third kappa shape index (κ3) is 4.06. The fourth-order valence-corrected chi connectivity index (χ4v) is 2.58. The Labute approximate surface area is 126 Å². The first kappa shape index (κ1) is 15.5. The van der Waals surface area contributed by atoms with Crippen LogP contribution in [0.4, 0.5) is 0 Å². The Hall–Kier alpha value is -1.84. The van der Waals surface area contributed by atoms with Gasteiger partial charge in [0.1, 0.15) is 0 Å². The van der Waals surface area contributed by atoms with Gasteiger partial charge in [-0.25, -0.2) is 0 Å². The van der Waals surface area contributed by atoms with Gasteiger partial charge < -0.3 is 10.2 Å². The standard InChI is InChI=1S/C17H24N2O2/c1-12(2)17(21)19-10-8-15(9-11-19)18-16(20)14-6-4-13(3)5-7-14/h4-7,12,15H,8-11H2,1-3H3,(H,18,20). The fourth-order valence-electron chi connectivity index (χ4n) is 2.58. The molecule has 0 unspecified atom stereocenters. The lowest BCUT2D eigenvalue weighted by Gasteiger charge is -2.33. The van der Waals surface area contributed by atoms with Crippen LogP contribution in [0, 0.1) is 12.8 Å². The summed E-state index contributed by atoms with van der Waals surface area (Å²) in [5.74, 6) is 0.227. The van der Waals surface area contributed by atoms with E-state index < -0.39 is 0 Å². The van der Waals surface area contributed by atoms with E-state index in [1.807, 2.05) is 49.9 Å². The van der Waals surface area contributed by atoms with Crippen molar-refractivity contribution in [3.8, 4) is 0 Å². The van der Waals surface area contributed by atoms with E-state index in [9.17, 15) is 9.59 Å². The van der Waals surface area contributed by atoms with Crippen molar-refractivity contribution in [2.45, 2.75) is 39.7 Å². The topological polar surface area (TPSA) is 49.4 Å². The lowest BCUT2D eigenvalue weighted by Crippen LogP contribution is -2.47. The second-order valence-electron chi connectivity index (χ2n) is 6.09. The van der Waals surface area contributed by atoms with Crippen LogP contribution in [0.25, 0.3) is 0 Å². The van der Waals surface area contributed by atoms with Crippen molar-refractivity contribution in [1.29, 1.82) is 0 Å². The molecule has 21 heavy (non-hydrogen) atoms. The lowest BCUT2D eigenvalue weighted by molar-refractivity contribution is -0.135. The van der Waals surface area contributed by atoms with E-state index in [-0.39, 0.29) is 23.8 Å². The number of hydrogen-bond donors (Lipinski definition) is 1. The molecule has 0 aromatic heterocycles. The van der Waals surface area contributed by atoms with Gasteiger partial charge in [-0.3, -0.25) is 9.59 Å². The van der Waals surface area contributed by atoms with Gasteiger partial charge in [-0.1, -0.05) is 31.5 Å². The van der Waals surface area contributed by atoms with Crippen LogP contribution in [-0.4, -0.2) is 35.8 Å². The normalized spacial score (nSPS) is 16.1. The highest BCUT2D eigenvalue weighted by Crippen LogP contribution is 2.14. The molecule has 1 saturated heterocycles. The number of carbonyl (C=O) groups is 2. The van der Waals surface area contributed by atoms with Crippen molar-refractivity contribution in [1.82, 2.24) is 10.2 Å². The molecule has 0 spiro atoms. The van der Waals surface area contributed by atoms with Crippen molar-refractivity contribution in [2.24, 2.45) is 5.92 Å². The summed E-state index contributed by atoms with van der Waals surface area (Å²) in [6, 6.07) is 7.75. The third-order valence-electron chi connectivity index (χ3n) is 3.95. The summed E-state index contributed by atoms with van der Waals surface area (Å²) in [4.78, 5) is 26.0. The molecule has 114 valence electrons. The van der Waals surface area contributed by atoms with Gasteiger partial charge in [-0.15, -0.1) is 0 Å².